The largest absolute Gasteiger partial charge is 0.453 e. The molecule has 1 amide bonds. The molecule has 1 aliphatic rings. The first-order chi connectivity index (χ1) is 10.4. The SMILES string of the molecule is O=C(NC1CCCCCC1)c1nn2c(C(F)(F)F)nnc2s1. The Morgan fingerprint density at radius 1 is 1.18 bits per heavy atom. The first kappa shape index (κ1) is 15.2. The van der Waals surface area contributed by atoms with Gasteiger partial charge in [-0.2, -0.15) is 17.7 Å². The molecule has 0 unspecified atom stereocenters. The van der Waals surface area contributed by atoms with Gasteiger partial charge in [-0.3, -0.25) is 4.79 Å². The van der Waals surface area contributed by atoms with Crippen LogP contribution in [-0.2, 0) is 6.18 Å². The number of alkyl halides is 3. The van der Waals surface area contributed by atoms with Gasteiger partial charge in [-0.1, -0.05) is 37.0 Å². The zero-order valence-corrected chi connectivity index (χ0v) is 12.4. The van der Waals surface area contributed by atoms with Crippen molar-refractivity contribution in [2.45, 2.75) is 50.7 Å². The number of amides is 1. The Bertz CT molecular complexity index is 672. The Hall–Kier alpha value is -1.71. The molecule has 0 spiro atoms. The van der Waals surface area contributed by atoms with E-state index in [1.54, 1.807) is 0 Å². The monoisotopic (exact) mass is 333 g/mol. The molecule has 120 valence electrons. The Balaban J connectivity index is 1.78. The van der Waals surface area contributed by atoms with Crippen LogP contribution >= 0.6 is 11.3 Å². The zero-order chi connectivity index (χ0) is 15.7. The van der Waals surface area contributed by atoms with Gasteiger partial charge in [-0.25, -0.2) is 0 Å². The van der Waals surface area contributed by atoms with E-state index in [1.807, 2.05) is 0 Å². The van der Waals surface area contributed by atoms with Crippen molar-refractivity contribution >= 4 is 22.2 Å². The Morgan fingerprint density at radius 2 is 1.86 bits per heavy atom. The van der Waals surface area contributed by atoms with E-state index < -0.39 is 17.9 Å². The average molecular weight is 333 g/mol. The van der Waals surface area contributed by atoms with Gasteiger partial charge in [0.05, 0.1) is 0 Å². The summed E-state index contributed by atoms with van der Waals surface area (Å²) in [7, 11) is 0. The van der Waals surface area contributed by atoms with Crippen molar-refractivity contribution < 1.29 is 18.0 Å². The minimum absolute atomic E-state index is 0.0281. The highest BCUT2D eigenvalue weighted by atomic mass is 32.1. The lowest BCUT2D eigenvalue weighted by molar-refractivity contribution is -0.146. The van der Waals surface area contributed by atoms with E-state index in [0.29, 0.717) is 4.52 Å². The van der Waals surface area contributed by atoms with Crippen molar-refractivity contribution in [3.63, 3.8) is 0 Å². The molecule has 10 heteroatoms. The third-order valence-corrected chi connectivity index (χ3v) is 4.53. The Kier molecular flexibility index (Phi) is 4.02. The van der Waals surface area contributed by atoms with Crippen LogP contribution in [0.3, 0.4) is 0 Å². The number of hydrogen-bond acceptors (Lipinski definition) is 5. The summed E-state index contributed by atoms with van der Waals surface area (Å²) in [5.41, 5.74) is 0. The normalized spacial score (nSPS) is 17.6. The van der Waals surface area contributed by atoms with Crippen molar-refractivity contribution in [2.24, 2.45) is 0 Å². The van der Waals surface area contributed by atoms with Gasteiger partial charge in [0.2, 0.25) is 9.97 Å². The molecule has 0 saturated heterocycles. The molecule has 0 aliphatic heterocycles. The number of carbonyl (C=O) groups is 1. The Labute approximate surface area is 127 Å². The molecule has 2 heterocycles. The number of nitrogens with zero attached hydrogens (tertiary/aromatic N) is 4. The van der Waals surface area contributed by atoms with Crippen LogP contribution in [0.5, 0.6) is 0 Å². The van der Waals surface area contributed by atoms with Crippen LogP contribution in [0.15, 0.2) is 0 Å². The number of fused-ring (bicyclic) bond motifs is 1. The highest BCUT2D eigenvalue weighted by Crippen LogP contribution is 2.29. The van der Waals surface area contributed by atoms with Crippen LogP contribution in [0.2, 0.25) is 0 Å². The van der Waals surface area contributed by atoms with Gasteiger partial charge in [0.25, 0.3) is 11.7 Å². The highest BCUT2D eigenvalue weighted by Gasteiger charge is 2.38. The fourth-order valence-electron chi connectivity index (χ4n) is 2.56. The number of rotatable bonds is 2. The maximum atomic E-state index is 12.7. The quantitative estimate of drug-likeness (QED) is 0.858. The summed E-state index contributed by atoms with van der Waals surface area (Å²) in [6.07, 6.45) is 1.54. The van der Waals surface area contributed by atoms with E-state index in [-0.39, 0.29) is 16.0 Å². The fourth-order valence-corrected chi connectivity index (χ4v) is 3.30. The van der Waals surface area contributed by atoms with Crippen molar-refractivity contribution in [2.75, 3.05) is 0 Å². The molecule has 1 saturated carbocycles. The molecular formula is C12H14F3N5OS. The molecule has 1 aliphatic carbocycles. The van der Waals surface area contributed by atoms with Gasteiger partial charge in [-0.15, -0.1) is 15.3 Å². The molecule has 2 aromatic heterocycles. The predicted octanol–water partition coefficient (Wildman–Crippen LogP) is 2.66. The second-order valence-electron chi connectivity index (χ2n) is 5.28. The molecule has 1 N–H and O–H groups in total. The average Bonchev–Trinajstić information content (AvgIpc) is 2.91. The lowest BCUT2D eigenvalue weighted by Gasteiger charge is -2.14. The van der Waals surface area contributed by atoms with Crippen molar-refractivity contribution in [3.8, 4) is 0 Å². The van der Waals surface area contributed by atoms with E-state index in [0.717, 1.165) is 49.9 Å². The summed E-state index contributed by atoms with van der Waals surface area (Å²) in [6.45, 7) is 0. The van der Waals surface area contributed by atoms with Crippen molar-refractivity contribution in [3.05, 3.63) is 10.8 Å². The fraction of sp³-hybridized carbons (Fsp3) is 0.667. The topological polar surface area (TPSA) is 72.2 Å². The molecular weight excluding hydrogens is 319 g/mol. The van der Waals surface area contributed by atoms with Crippen LogP contribution in [-0.4, -0.2) is 31.8 Å². The van der Waals surface area contributed by atoms with Crippen molar-refractivity contribution in [1.82, 2.24) is 25.1 Å². The summed E-state index contributed by atoms with van der Waals surface area (Å²) in [4.78, 5) is 12.1. The molecule has 3 rings (SSSR count). The number of carbonyl (C=O) groups excluding carboxylic acids is 1. The Morgan fingerprint density at radius 3 is 2.50 bits per heavy atom. The first-order valence-electron chi connectivity index (χ1n) is 7.05. The molecule has 0 aromatic carbocycles. The third-order valence-electron chi connectivity index (χ3n) is 3.63. The van der Waals surface area contributed by atoms with Crippen LogP contribution in [0.1, 0.15) is 54.2 Å². The molecule has 0 bridgehead atoms. The second kappa shape index (κ2) is 5.82. The number of halogens is 3. The molecule has 2 aromatic rings. The lowest BCUT2D eigenvalue weighted by Crippen LogP contribution is -2.34. The molecule has 6 nitrogen and oxygen atoms in total. The van der Waals surface area contributed by atoms with Gasteiger partial charge in [0, 0.05) is 6.04 Å². The van der Waals surface area contributed by atoms with E-state index >= 15 is 0 Å². The van der Waals surface area contributed by atoms with Gasteiger partial charge in [-0.05, 0) is 12.8 Å². The summed E-state index contributed by atoms with van der Waals surface area (Å²) >= 11 is 0.802. The summed E-state index contributed by atoms with van der Waals surface area (Å²) < 4.78 is 38.7. The van der Waals surface area contributed by atoms with Crippen LogP contribution in [0.25, 0.3) is 4.96 Å². The van der Waals surface area contributed by atoms with Crippen molar-refractivity contribution in [1.29, 1.82) is 0 Å². The number of nitrogens with one attached hydrogen (secondary N) is 1. The smallest absolute Gasteiger partial charge is 0.347 e. The summed E-state index contributed by atoms with van der Waals surface area (Å²) in [5.74, 6) is -1.66. The molecule has 22 heavy (non-hydrogen) atoms. The first-order valence-corrected chi connectivity index (χ1v) is 7.87. The minimum Gasteiger partial charge on any atom is -0.347 e. The molecule has 0 atom stereocenters. The van der Waals surface area contributed by atoms with E-state index in [9.17, 15) is 18.0 Å². The van der Waals surface area contributed by atoms with Crippen LogP contribution < -0.4 is 5.32 Å². The van der Waals surface area contributed by atoms with Crippen LogP contribution in [0, 0.1) is 0 Å². The minimum atomic E-state index is -4.65. The van der Waals surface area contributed by atoms with Gasteiger partial charge < -0.3 is 5.32 Å². The summed E-state index contributed by atoms with van der Waals surface area (Å²) in [5, 5.41) is 13.0. The predicted molar refractivity (Wildman–Crippen MR) is 72.6 cm³/mol. The van der Waals surface area contributed by atoms with Crippen LogP contribution in [0.4, 0.5) is 13.2 Å². The van der Waals surface area contributed by atoms with E-state index in [1.165, 1.54) is 0 Å². The maximum absolute atomic E-state index is 12.7. The standard InChI is InChI=1S/C12H14F3N5OS/c13-12(14,15)10-17-18-11-20(10)19-9(22-11)8(21)16-7-5-3-1-2-4-6-7/h7H,1-6H2,(H,16,21). The number of hydrogen-bond donors (Lipinski definition) is 1. The second-order valence-corrected chi connectivity index (χ2v) is 6.24. The number of aromatic nitrogens is 4. The zero-order valence-electron chi connectivity index (χ0n) is 11.6. The highest BCUT2D eigenvalue weighted by molar-refractivity contribution is 7.18. The van der Waals surface area contributed by atoms with Gasteiger partial charge in [0.1, 0.15) is 0 Å². The van der Waals surface area contributed by atoms with E-state index in [4.69, 9.17) is 0 Å². The maximum Gasteiger partial charge on any atom is 0.453 e. The van der Waals surface area contributed by atoms with E-state index in [2.05, 4.69) is 20.6 Å². The van der Waals surface area contributed by atoms with Gasteiger partial charge in [0.15, 0.2) is 0 Å². The third kappa shape index (κ3) is 3.06. The summed E-state index contributed by atoms with van der Waals surface area (Å²) in [6, 6.07) is 0.0615. The molecule has 0 radical (unpaired) electrons. The van der Waals surface area contributed by atoms with Gasteiger partial charge >= 0.3 is 6.18 Å². The lowest BCUT2D eigenvalue weighted by atomic mass is 10.1. The molecule has 1 fully saturated rings.